The smallest absolute Gasteiger partial charge is 0.266 e. The number of rotatable bonds is 4. The molecule has 1 aromatic carbocycles. The fourth-order valence-corrected chi connectivity index (χ4v) is 3.63. The molecule has 0 radical (unpaired) electrons. The predicted molar refractivity (Wildman–Crippen MR) is 86.4 cm³/mol. The number of carboxylic acid groups (broad SMARTS) is 1. The molecule has 0 aliphatic carbocycles. The van der Waals surface area contributed by atoms with E-state index in [2.05, 4.69) is 5.32 Å². The van der Waals surface area contributed by atoms with Crippen molar-refractivity contribution in [3.63, 3.8) is 0 Å². The topological polar surface area (TPSA) is 69.2 Å². The van der Waals surface area contributed by atoms with Gasteiger partial charge in [-0.1, -0.05) is 36.4 Å². The van der Waals surface area contributed by atoms with Gasteiger partial charge in [-0.15, -0.1) is 22.7 Å². The Hall–Kier alpha value is -2.44. The number of hydrogen-bond acceptors (Lipinski definition) is 5. The van der Waals surface area contributed by atoms with Gasteiger partial charge in [0.25, 0.3) is 5.91 Å². The van der Waals surface area contributed by atoms with Gasteiger partial charge >= 0.3 is 0 Å². The van der Waals surface area contributed by atoms with E-state index >= 15 is 0 Å². The number of hydrogen-bond donors (Lipinski definition) is 1. The molecule has 110 valence electrons. The number of anilines is 1. The summed E-state index contributed by atoms with van der Waals surface area (Å²) < 4.78 is 0. The Morgan fingerprint density at radius 2 is 1.77 bits per heavy atom. The van der Waals surface area contributed by atoms with Crippen molar-refractivity contribution in [1.82, 2.24) is 0 Å². The van der Waals surface area contributed by atoms with Crippen LogP contribution in [0.2, 0.25) is 0 Å². The molecule has 2 aromatic heterocycles. The fraction of sp³-hybridized carbons (Fsp3) is 0. The molecule has 0 atom stereocenters. The zero-order valence-electron chi connectivity index (χ0n) is 11.2. The maximum Gasteiger partial charge on any atom is 0.266 e. The number of aromatic carboxylic acids is 1. The van der Waals surface area contributed by atoms with Crippen LogP contribution < -0.4 is 10.4 Å². The first kappa shape index (κ1) is 14.5. The van der Waals surface area contributed by atoms with Gasteiger partial charge in [-0.2, -0.15) is 0 Å². The van der Waals surface area contributed by atoms with Crippen LogP contribution in [0.5, 0.6) is 0 Å². The highest BCUT2D eigenvalue weighted by Gasteiger charge is 2.17. The van der Waals surface area contributed by atoms with Gasteiger partial charge in [0.05, 0.1) is 10.8 Å². The van der Waals surface area contributed by atoms with Crippen molar-refractivity contribution in [3.8, 4) is 11.1 Å². The molecule has 2 heterocycles. The molecule has 4 nitrogen and oxygen atoms in total. The van der Waals surface area contributed by atoms with E-state index in [1.807, 2.05) is 30.3 Å². The summed E-state index contributed by atoms with van der Waals surface area (Å²) in [6.45, 7) is 0. The highest BCUT2D eigenvalue weighted by Crippen LogP contribution is 2.35. The van der Waals surface area contributed by atoms with Crippen LogP contribution in [-0.2, 0) is 0 Å². The molecule has 3 aromatic rings. The SMILES string of the molecule is O=C(Nc1scc(-c2ccccc2)c1C(=O)[O-])c1cccs1. The van der Waals surface area contributed by atoms with Gasteiger partial charge in [0, 0.05) is 16.5 Å². The second-order valence-corrected chi connectivity index (χ2v) is 6.27. The minimum Gasteiger partial charge on any atom is -0.545 e. The number of amides is 1. The van der Waals surface area contributed by atoms with E-state index in [0.29, 0.717) is 10.4 Å². The molecule has 3 rings (SSSR count). The van der Waals surface area contributed by atoms with Crippen LogP contribution >= 0.6 is 22.7 Å². The number of carbonyl (C=O) groups excluding carboxylic acids is 2. The number of carbonyl (C=O) groups is 2. The van der Waals surface area contributed by atoms with Crippen LogP contribution in [-0.4, -0.2) is 11.9 Å². The first-order valence-corrected chi connectivity index (χ1v) is 8.16. The van der Waals surface area contributed by atoms with Crippen LogP contribution in [0.25, 0.3) is 11.1 Å². The minimum absolute atomic E-state index is 0.0149. The van der Waals surface area contributed by atoms with Crippen molar-refractivity contribution in [2.75, 3.05) is 5.32 Å². The van der Waals surface area contributed by atoms with E-state index in [1.54, 1.807) is 22.9 Å². The molecule has 0 aliphatic rings. The Bertz CT molecular complexity index is 807. The monoisotopic (exact) mass is 328 g/mol. The Kier molecular flexibility index (Phi) is 4.04. The maximum absolute atomic E-state index is 12.1. The Balaban J connectivity index is 1.97. The van der Waals surface area contributed by atoms with E-state index in [0.717, 1.165) is 5.56 Å². The fourth-order valence-electron chi connectivity index (χ4n) is 2.06. The third kappa shape index (κ3) is 2.79. The average molecular weight is 328 g/mol. The molecular weight excluding hydrogens is 318 g/mol. The van der Waals surface area contributed by atoms with Crippen LogP contribution in [0.4, 0.5) is 5.00 Å². The second kappa shape index (κ2) is 6.13. The van der Waals surface area contributed by atoms with Crippen molar-refractivity contribution < 1.29 is 14.7 Å². The molecular formula is C16H10NO3S2-. The standard InChI is InChI=1S/C16H11NO3S2/c18-14(12-7-4-8-21-12)17-15-13(16(19)20)11(9-22-15)10-5-2-1-3-6-10/h1-9H,(H,17,18)(H,19,20)/p-1. The lowest BCUT2D eigenvalue weighted by Gasteiger charge is -2.09. The average Bonchev–Trinajstić information content (AvgIpc) is 3.17. The van der Waals surface area contributed by atoms with Crippen LogP contribution in [0.3, 0.4) is 0 Å². The van der Waals surface area contributed by atoms with Crippen molar-refractivity contribution in [1.29, 1.82) is 0 Å². The second-order valence-electron chi connectivity index (χ2n) is 4.44. The number of thiophene rings is 2. The molecule has 0 aliphatic heterocycles. The van der Waals surface area contributed by atoms with Crippen LogP contribution in [0.1, 0.15) is 20.0 Å². The molecule has 0 saturated heterocycles. The van der Waals surface area contributed by atoms with Gasteiger partial charge in [0.1, 0.15) is 5.00 Å². The number of carboxylic acids is 1. The molecule has 0 fully saturated rings. The number of nitrogens with one attached hydrogen (secondary N) is 1. The Morgan fingerprint density at radius 1 is 1.00 bits per heavy atom. The molecule has 0 unspecified atom stereocenters. The highest BCUT2D eigenvalue weighted by molar-refractivity contribution is 7.15. The van der Waals surface area contributed by atoms with Gasteiger partial charge < -0.3 is 15.2 Å². The summed E-state index contributed by atoms with van der Waals surface area (Å²) >= 11 is 2.47. The van der Waals surface area contributed by atoms with Crippen molar-refractivity contribution >= 4 is 39.6 Å². The largest absolute Gasteiger partial charge is 0.545 e. The summed E-state index contributed by atoms with van der Waals surface area (Å²) in [5.41, 5.74) is 1.34. The maximum atomic E-state index is 12.1. The molecule has 0 bridgehead atoms. The van der Waals surface area contributed by atoms with E-state index in [1.165, 1.54) is 22.7 Å². The van der Waals surface area contributed by atoms with Gasteiger partial charge in [-0.05, 0) is 17.0 Å². The number of benzene rings is 1. The first-order chi connectivity index (χ1) is 10.7. The van der Waals surface area contributed by atoms with Gasteiger partial charge in [-0.25, -0.2) is 0 Å². The first-order valence-electron chi connectivity index (χ1n) is 6.40. The van der Waals surface area contributed by atoms with Crippen molar-refractivity contribution in [3.05, 3.63) is 63.7 Å². The van der Waals surface area contributed by atoms with E-state index in [4.69, 9.17) is 0 Å². The van der Waals surface area contributed by atoms with Crippen LogP contribution in [0, 0.1) is 0 Å². The molecule has 22 heavy (non-hydrogen) atoms. The van der Waals surface area contributed by atoms with Crippen molar-refractivity contribution in [2.45, 2.75) is 0 Å². The Labute approximate surface area is 134 Å². The third-order valence-corrected chi connectivity index (χ3v) is 4.82. The minimum atomic E-state index is -1.30. The zero-order chi connectivity index (χ0) is 15.5. The summed E-state index contributed by atoms with van der Waals surface area (Å²) in [6.07, 6.45) is 0. The third-order valence-electron chi connectivity index (χ3n) is 3.05. The quantitative estimate of drug-likeness (QED) is 0.800. The lowest BCUT2D eigenvalue weighted by molar-refractivity contribution is -0.254. The van der Waals surface area contributed by atoms with E-state index in [-0.39, 0.29) is 16.5 Å². The summed E-state index contributed by atoms with van der Waals surface area (Å²) in [5.74, 6) is -1.62. The Morgan fingerprint density at radius 3 is 2.41 bits per heavy atom. The van der Waals surface area contributed by atoms with Gasteiger partial charge in [0.15, 0.2) is 0 Å². The zero-order valence-corrected chi connectivity index (χ0v) is 12.9. The molecule has 1 N–H and O–H groups in total. The molecule has 0 saturated carbocycles. The van der Waals surface area contributed by atoms with Gasteiger partial charge in [0.2, 0.25) is 0 Å². The summed E-state index contributed by atoms with van der Waals surface area (Å²) in [5, 5.41) is 17.9. The molecule has 6 heteroatoms. The molecule has 1 amide bonds. The normalized spacial score (nSPS) is 10.4. The van der Waals surface area contributed by atoms with Crippen molar-refractivity contribution in [2.24, 2.45) is 0 Å². The van der Waals surface area contributed by atoms with Gasteiger partial charge in [-0.3, -0.25) is 4.79 Å². The summed E-state index contributed by atoms with van der Waals surface area (Å²) in [6, 6.07) is 12.6. The lowest BCUT2D eigenvalue weighted by atomic mass is 10.0. The highest BCUT2D eigenvalue weighted by atomic mass is 32.1. The summed E-state index contributed by atoms with van der Waals surface area (Å²) in [7, 11) is 0. The van der Waals surface area contributed by atoms with E-state index < -0.39 is 5.97 Å². The lowest BCUT2D eigenvalue weighted by Crippen LogP contribution is -2.24. The van der Waals surface area contributed by atoms with E-state index in [9.17, 15) is 14.7 Å². The molecule has 0 spiro atoms. The summed E-state index contributed by atoms with van der Waals surface area (Å²) in [4.78, 5) is 24.1. The predicted octanol–water partition coefficient (Wildman–Crippen LogP) is 3.09. The van der Waals surface area contributed by atoms with Crippen LogP contribution in [0.15, 0.2) is 53.2 Å².